The van der Waals surface area contributed by atoms with E-state index in [1.807, 2.05) is 13.8 Å². The van der Waals surface area contributed by atoms with Crippen LogP contribution < -0.4 is 5.73 Å². The van der Waals surface area contributed by atoms with Crippen LogP contribution in [0.15, 0.2) is 24.3 Å². The Morgan fingerprint density at radius 1 is 1.33 bits per heavy atom. The maximum atomic E-state index is 12.2. The monoisotopic (exact) mass is 266 g/mol. The summed E-state index contributed by atoms with van der Waals surface area (Å²) in [5.41, 5.74) is 6.80. The van der Waals surface area contributed by atoms with Crippen LogP contribution in [0.4, 0.5) is 0 Å². The first kappa shape index (κ1) is 14.6. The van der Waals surface area contributed by atoms with Crippen molar-refractivity contribution in [3.8, 4) is 0 Å². The summed E-state index contributed by atoms with van der Waals surface area (Å²) in [4.78, 5) is 14.1. The number of carbonyl (C=O) groups excluding carboxylic acids is 1. The van der Waals surface area contributed by atoms with Crippen molar-refractivity contribution < 1.29 is 9.90 Å². The summed E-state index contributed by atoms with van der Waals surface area (Å²) < 4.78 is 0. The molecule has 0 aromatic heterocycles. The average Bonchev–Trinajstić information content (AvgIpc) is 2.35. The Labute approximate surface area is 112 Å². The van der Waals surface area contributed by atoms with E-state index in [1.54, 1.807) is 29.2 Å². The molecule has 0 atom stereocenters. The molecule has 0 bridgehead atoms. The van der Waals surface area contributed by atoms with E-state index in [0.717, 1.165) is 5.56 Å². The van der Waals surface area contributed by atoms with E-state index < -0.39 is 0 Å². The molecule has 1 aromatic rings. The number of carbonyl (C=O) groups is 1. The van der Waals surface area contributed by atoms with E-state index >= 15 is 0 Å². The summed E-state index contributed by atoms with van der Waals surface area (Å²) in [6.45, 7) is 4.11. The van der Waals surface area contributed by atoms with Gasteiger partial charge in [0.05, 0.1) is 6.61 Å². The standard InChI is InChI=1S/C13H18N2O2S/c1-9(2)15(7-8-16)13(17)11-5-3-10(4-6-11)12(14)18/h3-6,9,16H,7-8H2,1-2H3,(H2,14,18). The number of hydrogen-bond donors (Lipinski definition) is 2. The third-order valence-electron chi connectivity index (χ3n) is 2.64. The predicted molar refractivity (Wildman–Crippen MR) is 75.6 cm³/mol. The number of aliphatic hydroxyl groups is 1. The van der Waals surface area contributed by atoms with Crippen molar-refractivity contribution in [2.45, 2.75) is 19.9 Å². The lowest BCUT2D eigenvalue weighted by atomic mass is 10.1. The Hall–Kier alpha value is -1.46. The minimum atomic E-state index is -0.103. The highest BCUT2D eigenvalue weighted by Gasteiger charge is 2.17. The summed E-state index contributed by atoms with van der Waals surface area (Å²) in [5.74, 6) is -0.103. The summed E-state index contributed by atoms with van der Waals surface area (Å²) in [6.07, 6.45) is 0. The molecule has 0 heterocycles. The second-order valence-electron chi connectivity index (χ2n) is 4.26. The summed E-state index contributed by atoms with van der Waals surface area (Å²) in [6, 6.07) is 6.90. The lowest BCUT2D eigenvalue weighted by Gasteiger charge is -2.26. The van der Waals surface area contributed by atoms with Crippen LogP contribution >= 0.6 is 12.2 Å². The molecule has 0 unspecified atom stereocenters. The molecule has 1 aromatic carbocycles. The molecule has 0 fully saturated rings. The number of benzene rings is 1. The second-order valence-corrected chi connectivity index (χ2v) is 4.70. The van der Waals surface area contributed by atoms with Gasteiger partial charge in [0.25, 0.3) is 5.91 Å². The lowest BCUT2D eigenvalue weighted by Crippen LogP contribution is -2.39. The first-order valence-electron chi connectivity index (χ1n) is 5.79. The Kier molecular flexibility index (Phi) is 5.25. The number of amides is 1. The molecular weight excluding hydrogens is 248 g/mol. The fourth-order valence-corrected chi connectivity index (χ4v) is 1.78. The highest BCUT2D eigenvalue weighted by molar-refractivity contribution is 7.80. The van der Waals surface area contributed by atoms with E-state index in [1.165, 1.54) is 0 Å². The van der Waals surface area contributed by atoms with Crippen LogP contribution in [0.2, 0.25) is 0 Å². The molecule has 0 saturated carbocycles. The van der Waals surface area contributed by atoms with Crippen LogP contribution in [0.3, 0.4) is 0 Å². The number of nitrogens with two attached hydrogens (primary N) is 1. The van der Waals surface area contributed by atoms with Crippen molar-refractivity contribution in [2.24, 2.45) is 5.73 Å². The molecule has 0 spiro atoms. The smallest absolute Gasteiger partial charge is 0.254 e. The van der Waals surface area contributed by atoms with Gasteiger partial charge in [0.1, 0.15) is 4.99 Å². The molecule has 1 rings (SSSR count). The van der Waals surface area contributed by atoms with Crippen LogP contribution in [0.1, 0.15) is 29.8 Å². The van der Waals surface area contributed by atoms with E-state index in [0.29, 0.717) is 17.1 Å². The topological polar surface area (TPSA) is 66.6 Å². The molecular formula is C13H18N2O2S. The molecule has 0 aliphatic heterocycles. The Bertz CT molecular complexity index is 429. The highest BCUT2D eigenvalue weighted by Crippen LogP contribution is 2.10. The quantitative estimate of drug-likeness (QED) is 0.785. The minimum absolute atomic E-state index is 0.0416. The zero-order valence-electron chi connectivity index (χ0n) is 10.6. The minimum Gasteiger partial charge on any atom is -0.395 e. The fraction of sp³-hybridized carbons (Fsp3) is 0.385. The van der Waals surface area contributed by atoms with Crippen molar-refractivity contribution in [1.82, 2.24) is 4.90 Å². The first-order valence-corrected chi connectivity index (χ1v) is 6.20. The van der Waals surface area contributed by atoms with Gasteiger partial charge in [-0.1, -0.05) is 24.4 Å². The van der Waals surface area contributed by atoms with E-state index in [2.05, 4.69) is 0 Å². The van der Waals surface area contributed by atoms with Gasteiger partial charge in [-0.2, -0.15) is 0 Å². The van der Waals surface area contributed by atoms with Gasteiger partial charge in [-0.25, -0.2) is 0 Å². The molecule has 3 N–H and O–H groups in total. The van der Waals surface area contributed by atoms with Gasteiger partial charge in [0.15, 0.2) is 0 Å². The van der Waals surface area contributed by atoms with Crippen molar-refractivity contribution in [1.29, 1.82) is 0 Å². The van der Waals surface area contributed by atoms with Gasteiger partial charge >= 0.3 is 0 Å². The van der Waals surface area contributed by atoms with Crippen LogP contribution in [0.25, 0.3) is 0 Å². The zero-order chi connectivity index (χ0) is 13.7. The van der Waals surface area contributed by atoms with Crippen molar-refractivity contribution in [3.05, 3.63) is 35.4 Å². The van der Waals surface area contributed by atoms with Gasteiger partial charge in [0, 0.05) is 23.7 Å². The van der Waals surface area contributed by atoms with Gasteiger partial charge in [0.2, 0.25) is 0 Å². The summed E-state index contributed by atoms with van der Waals surface area (Å²) >= 11 is 4.86. The molecule has 0 saturated heterocycles. The molecule has 98 valence electrons. The zero-order valence-corrected chi connectivity index (χ0v) is 11.4. The van der Waals surface area contributed by atoms with E-state index in [4.69, 9.17) is 23.1 Å². The maximum Gasteiger partial charge on any atom is 0.254 e. The van der Waals surface area contributed by atoms with Crippen LogP contribution in [0, 0.1) is 0 Å². The Morgan fingerprint density at radius 2 is 1.83 bits per heavy atom. The van der Waals surface area contributed by atoms with Crippen LogP contribution in [0.5, 0.6) is 0 Å². The molecule has 1 amide bonds. The van der Waals surface area contributed by atoms with Crippen LogP contribution in [-0.4, -0.2) is 40.1 Å². The predicted octanol–water partition coefficient (Wildman–Crippen LogP) is 1.16. The van der Waals surface area contributed by atoms with Crippen LogP contribution in [-0.2, 0) is 0 Å². The van der Waals surface area contributed by atoms with Gasteiger partial charge in [-0.15, -0.1) is 0 Å². The molecule has 4 nitrogen and oxygen atoms in total. The number of nitrogens with zero attached hydrogens (tertiary/aromatic N) is 1. The average molecular weight is 266 g/mol. The SMILES string of the molecule is CC(C)N(CCO)C(=O)c1ccc(C(N)=S)cc1. The first-order chi connectivity index (χ1) is 8.47. The largest absolute Gasteiger partial charge is 0.395 e. The number of hydrogen-bond acceptors (Lipinski definition) is 3. The van der Waals surface area contributed by atoms with Gasteiger partial charge in [-0.3, -0.25) is 4.79 Å². The normalized spacial score (nSPS) is 10.4. The Balaban J connectivity index is 2.91. The molecule has 18 heavy (non-hydrogen) atoms. The van der Waals surface area contributed by atoms with E-state index in [9.17, 15) is 4.79 Å². The molecule has 0 aliphatic carbocycles. The summed E-state index contributed by atoms with van der Waals surface area (Å²) in [7, 11) is 0. The molecule has 0 radical (unpaired) electrons. The lowest BCUT2D eigenvalue weighted by molar-refractivity contribution is 0.0665. The molecule has 0 aliphatic rings. The molecule has 5 heteroatoms. The maximum absolute atomic E-state index is 12.2. The van der Waals surface area contributed by atoms with Crippen molar-refractivity contribution >= 4 is 23.1 Å². The Morgan fingerprint density at radius 3 is 2.22 bits per heavy atom. The summed E-state index contributed by atoms with van der Waals surface area (Å²) in [5, 5.41) is 8.97. The highest BCUT2D eigenvalue weighted by atomic mass is 32.1. The third-order valence-corrected chi connectivity index (χ3v) is 2.88. The van der Waals surface area contributed by atoms with Crippen molar-refractivity contribution in [3.63, 3.8) is 0 Å². The van der Waals surface area contributed by atoms with Crippen molar-refractivity contribution in [2.75, 3.05) is 13.2 Å². The fourth-order valence-electron chi connectivity index (χ4n) is 1.64. The number of aliphatic hydroxyl groups excluding tert-OH is 1. The third kappa shape index (κ3) is 3.51. The van der Waals surface area contributed by atoms with Gasteiger partial charge in [-0.05, 0) is 26.0 Å². The number of thiocarbonyl (C=S) groups is 1. The number of rotatable bonds is 5. The second kappa shape index (κ2) is 6.47. The van der Waals surface area contributed by atoms with E-state index in [-0.39, 0.29) is 18.6 Å². The van der Waals surface area contributed by atoms with Gasteiger partial charge < -0.3 is 15.7 Å².